The van der Waals surface area contributed by atoms with Crippen LogP contribution < -0.4 is 14.8 Å². The minimum absolute atomic E-state index is 0.0241. The summed E-state index contributed by atoms with van der Waals surface area (Å²) in [6.45, 7) is 2.83. The number of benzene rings is 3. The summed E-state index contributed by atoms with van der Waals surface area (Å²) in [7, 11) is 0. The first-order valence-corrected chi connectivity index (χ1v) is 11.1. The molecule has 0 aromatic heterocycles. The molecular weight excluding hydrogens is 524 g/mol. The Bertz CT molecular complexity index is 1140. The van der Waals surface area contributed by atoms with Gasteiger partial charge < -0.3 is 19.9 Å². The van der Waals surface area contributed by atoms with Gasteiger partial charge >= 0.3 is 5.97 Å². The third kappa shape index (κ3) is 6.06. The molecule has 2 N–H and O–H groups in total. The average molecular weight is 543 g/mol. The minimum Gasteiger partial charge on any atom is -0.490 e. The maximum atomic E-state index is 13.3. The summed E-state index contributed by atoms with van der Waals surface area (Å²) in [5, 5.41) is 12.9. The average Bonchev–Trinajstić information content (AvgIpc) is 2.73. The van der Waals surface area contributed by atoms with Crippen LogP contribution in [0.25, 0.3) is 0 Å². The van der Waals surface area contributed by atoms with Crippen LogP contribution in [-0.2, 0) is 13.2 Å². The van der Waals surface area contributed by atoms with Crippen LogP contribution in [0.1, 0.15) is 28.4 Å². The van der Waals surface area contributed by atoms with Crippen molar-refractivity contribution in [3.8, 4) is 11.5 Å². The summed E-state index contributed by atoms with van der Waals surface area (Å²) < 4.78 is 25.6. The van der Waals surface area contributed by atoms with Crippen molar-refractivity contribution in [3.63, 3.8) is 0 Å². The molecule has 0 bridgehead atoms. The van der Waals surface area contributed by atoms with Crippen molar-refractivity contribution in [2.75, 3.05) is 11.9 Å². The van der Waals surface area contributed by atoms with E-state index in [2.05, 4.69) is 21.2 Å². The first-order valence-electron chi connectivity index (χ1n) is 9.57. The Morgan fingerprint density at radius 1 is 1.09 bits per heavy atom. The highest BCUT2D eigenvalue weighted by Crippen LogP contribution is 2.38. The molecule has 3 aromatic carbocycles. The number of nitrogens with one attached hydrogen (secondary N) is 1. The van der Waals surface area contributed by atoms with Crippen molar-refractivity contribution in [3.05, 3.63) is 85.6 Å². The molecule has 0 spiro atoms. The van der Waals surface area contributed by atoms with Crippen LogP contribution in [0.2, 0.25) is 10.0 Å². The summed E-state index contributed by atoms with van der Waals surface area (Å²) >= 11 is 15.5. The van der Waals surface area contributed by atoms with Gasteiger partial charge in [-0.05, 0) is 70.9 Å². The monoisotopic (exact) mass is 541 g/mol. The van der Waals surface area contributed by atoms with E-state index in [4.69, 9.17) is 32.7 Å². The van der Waals surface area contributed by atoms with E-state index < -0.39 is 11.8 Å². The zero-order valence-electron chi connectivity index (χ0n) is 16.9. The van der Waals surface area contributed by atoms with E-state index in [-0.39, 0.29) is 22.2 Å². The lowest BCUT2D eigenvalue weighted by Gasteiger charge is -2.16. The summed E-state index contributed by atoms with van der Waals surface area (Å²) in [6, 6.07) is 12.5. The Balaban J connectivity index is 1.77. The Morgan fingerprint density at radius 2 is 1.88 bits per heavy atom. The van der Waals surface area contributed by atoms with Gasteiger partial charge in [-0.2, -0.15) is 0 Å². The molecule has 0 saturated heterocycles. The van der Waals surface area contributed by atoms with Crippen molar-refractivity contribution >= 4 is 50.8 Å². The second-order valence-corrected chi connectivity index (χ2v) is 8.38. The SMILES string of the molecule is CCOc1cc(CNc2ccc(Cl)c(C(=O)O)c2)cc(Br)c1OCc1ccc(F)cc1Cl. The van der Waals surface area contributed by atoms with Crippen LogP contribution in [0.4, 0.5) is 10.1 Å². The van der Waals surface area contributed by atoms with Gasteiger partial charge in [0.1, 0.15) is 12.4 Å². The summed E-state index contributed by atoms with van der Waals surface area (Å²) in [5.74, 6) is -0.486. The lowest BCUT2D eigenvalue weighted by Crippen LogP contribution is -2.05. The standard InChI is InChI=1S/C23H19BrCl2FNO4/c1-2-31-21-8-13(11-28-16-5-6-19(25)17(10-16)23(29)30)7-18(24)22(21)32-12-14-3-4-15(27)9-20(14)26/h3-10,28H,2,11-12H2,1H3,(H,29,30). The van der Waals surface area contributed by atoms with Gasteiger partial charge in [-0.15, -0.1) is 0 Å². The Hall–Kier alpha value is -2.48. The lowest BCUT2D eigenvalue weighted by atomic mass is 10.1. The minimum atomic E-state index is -1.09. The number of hydrogen-bond acceptors (Lipinski definition) is 4. The van der Waals surface area contributed by atoms with Crippen LogP contribution in [-0.4, -0.2) is 17.7 Å². The predicted molar refractivity (Wildman–Crippen MR) is 127 cm³/mol. The number of ether oxygens (including phenoxy) is 2. The molecule has 0 saturated carbocycles. The molecule has 0 radical (unpaired) electrons. The number of anilines is 1. The Labute approximate surface area is 203 Å². The summed E-state index contributed by atoms with van der Waals surface area (Å²) in [6.07, 6.45) is 0. The maximum absolute atomic E-state index is 13.3. The highest BCUT2D eigenvalue weighted by atomic mass is 79.9. The van der Waals surface area contributed by atoms with Gasteiger partial charge in [0.05, 0.1) is 26.7 Å². The normalized spacial score (nSPS) is 10.7. The van der Waals surface area contributed by atoms with Gasteiger partial charge in [-0.25, -0.2) is 9.18 Å². The lowest BCUT2D eigenvalue weighted by molar-refractivity contribution is 0.0697. The van der Waals surface area contributed by atoms with Gasteiger partial charge in [-0.1, -0.05) is 29.3 Å². The quantitative estimate of drug-likeness (QED) is 0.299. The van der Waals surface area contributed by atoms with Gasteiger partial charge in [0.2, 0.25) is 0 Å². The number of aromatic carboxylic acids is 1. The zero-order valence-corrected chi connectivity index (χ0v) is 20.0. The van der Waals surface area contributed by atoms with Crippen molar-refractivity contribution in [2.24, 2.45) is 0 Å². The summed E-state index contributed by atoms with van der Waals surface area (Å²) in [4.78, 5) is 11.3. The van der Waals surface area contributed by atoms with Gasteiger partial charge in [-0.3, -0.25) is 0 Å². The van der Waals surface area contributed by atoms with Crippen LogP contribution in [0.3, 0.4) is 0 Å². The van der Waals surface area contributed by atoms with Crippen LogP contribution in [0.15, 0.2) is 53.0 Å². The van der Waals surface area contributed by atoms with Gasteiger partial charge in [0, 0.05) is 17.8 Å². The number of halogens is 4. The molecule has 32 heavy (non-hydrogen) atoms. The van der Waals surface area contributed by atoms with Crippen molar-refractivity contribution in [2.45, 2.75) is 20.1 Å². The molecule has 168 valence electrons. The van der Waals surface area contributed by atoms with Crippen molar-refractivity contribution in [1.29, 1.82) is 0 Å². The van der Waals surface area contributed by atoms with Crippen LogP contribution in [0.5, 0.6) is 11.5 Å². The molecular formula is C23H19BrCl2FNO4. The molecule has 5 nitrogen and oxygen atoms in total. The number of carbonyl (C=O) groups is 1. The summed E-state index contributed by atoms with van der Waals surface area (Å²) in [5.41, 5.74) is 2.16. The fourth-order valence-electron chi connectivity index (χ4n) is 2.92. The fourth-order valence-corrected chi connectivity index (χ4v) is 3.94. The Morgan fingerprint density at radius 3 is 2.56 bits per heavy atom. The van der Waals surface area contributed by atoms with E-state index in [1.807, 2.05) is 19.1 Å². The molecule has 0 aliphatic carbocycles. The van der Waals surface area contributed by atoms with Gasteiger partial charge in [0.25, 0.3) is 0 Å². The predicted octanol–water partition coefficient (Wildman–Crippen LogP) is 7.18. The first kappa shape index (κ1) is 24.2. The molecule has 0 aliphatic heterocycles. The van der Waals surface area contributed by atoms with Crippen LogP contribution in [0, 0.1) is 5.82 Å². The highest BCUT2D eigenvalue weighted by Gasteiger charge is 2.14. The number of carboxylic acids is 1. The molecule has 0 fully saturated rings. The van der Waals surface area contributed by atoms with E-state index in [0.717, 1.165) is 5.56 Å². The van der Waals surface area contributed by atoms with E-state index in [1.165, 1.54) is 24.3 Å². The number of carboxylic acid groups (broad SMARTS) is 1. The molecule has 0 heterocycles. The zero-order chi connectivity index (χ0) is 23.3. The van der Waals surface area contributed by atoms with E-state index >= 15 is 0 Å². The third-order valence-electron chi connectivity index (χ3n) is 4.45. The third-order valence-corrected chi connectivity index (χ3v) is 5.72. The molecule has 0 atom stereocenters. The maximum Gasteiger partial charge on any atom is 0.337 e. The molecule has 0 aliphatic rings. The first-order chi connectivity index (χ1) is 15.3. The largest absolute Gasteiger partial charge is 0.490 e. The van der Waals surface area contributed by atoms with Gasteiger partial charge in [0.15, 0.2) is 11.5 Å². The topological polar surface area (TPSA) is 67.8 Å². The Kier molecular flexibility index (Phi) is 8.23. The number of rotatable bonds is 9. The number of hydrogen-bond donors (Lipinski definition) is 2. The van der Waals surface area contributed by atoms with Crippen molar-refractivity contribution < 1.29 is 23.8 Å². The van der Waals surface area contributed by atoms with E-state index in [9.17, 15) is 14.3 Å². The van der Waals surface area contributed by atoms with E-state index in [0.29, 0.717) is 40.4 Å². The second-order valence-electron chi connectivity index (χ2n) is 6.72. The molecule has 0 unspecified atom stereocenters. The van der Waals surface area contributed by atoms with Crippen LogP contribution >= 0.6 is 39.1 Å². The molecule has 3 aromatic rings. The second kappa shape index (κ2) is 10.9. The van der Waals surface area contributed by atoms with E-state index in [1.54, 1.807) is 12.1 Å². The fraction of sp³-hybridized carbons (Fsp3) is 0.174. The van der Waals surface area contributed by atoms with Crippen molar-refractivity contribution in [1.82, 2.24) is 0 Å². The molecule has 3 rings (SSSR count). The smallest absolute Gasteiger partial charge is 0.337 e. The highest BCUT2D eigenvalue weighted by molar-refractivity contribution is 9.10. The molecule has 9 heteroatoms. The molecule has 0 amide bonds.